The first-order valence-electron chi connectivity index (χ1n) is 9.93. The van der Waals surface area contributed by atoms with Crippen LogP contribution in [0.3, 0.4) is 0 Å². The molecule has 0 fully saturated rings. The van der Waals surface area contributed by atoms with Crippen molar-refractivity contribution in [2.75, 3.05) is 20.3 Å². The highest BCUT2D eigenvalue weighted by molar-refractivity contribution is 8.27. The minimum absolute atomic E-state index is 0.189. The molecule has 0 aromatic heterocycles. The molecule has 2 aliphatic heterocycles. The molecule has 0 radical (unpaired) electrons. The normalized spacial score (nSPS) is 16.7. The second-order valence-electron chi connectivity index (χ2n) is 6.96. The van der Waals surface area contributed by atoms with Crippen LogP contribution in [0.2, 0.25) is 5.02 Å². The van der Waals surface area contributed by atoms with E-state index in [0.717, 1.165) is 0 Å². The Kier molecular flexibility index (Phi) is 7.03. The molecule has 1 amide bonds. The highest BCUT2D eigenvalue weighted by Gasteiger charge is 2.46. The number of benzene rings is 2. The summed E-state index contributed by atoms with van der Waals surface area (Å²) in [5.74, 6) is -0.0883. The number of fused-ring (bicyclic) bond motifs is 1. The maximum atomic E-state index is 13.0. The smallest absolute Gasteiger partial charge is 0.441 e. The highest BCUT2D eigenvalue weighted by Crippen LogP contribution is 2.36. The lowest BCUT2D eigenvalue weighted by atomic mass is 10.1. The van der Waals surface area contributed by atoms with E-state index in [2.05, 4.69) is 10.1 Å². The number of alkyl halides is 3. The van der Waals surface area contributed by atoms with Crippen LogP contribution in [-0.4, -0.2) is 53.5 Å². The lowest BCUT2D eigenvalue weighted by Gasteiger charge is -2.20. The Morgan fingerprint density at radius 2 is 1.83 bits per heavy atom. The summed E-state index contributed by atoms with van der Waals surface area (Å²) in [6.45, 7) is 0.410. The number of methoxy groups -OCH3 is 1. The zero-order valence-electron chi connectivity index (χ0n) is 17.9. The predicted octanol–water partition coefficient (Wildman–Crippen LogP) is 4.99. The molecular formula is C22H16ClF3N4O4S. The van der Waals surface area contributed by atoms with Crippen molar-refractivity contribution in [1.82, 2.24) is 5.01 Å². The molecule has 0 saturated carbocycles. The van der Waals surface area contributed by atoms with Gasteiger partial charge in [-0.2, -0.15) is 28.3 Å². The van der Waals surface area contributed by atoms with Crippen molar-refractivity contribution in [3.05, 3.63) is 58.6 Å². The van der Waals surface area contributed by atoms with Crippen LogP contribution in [0.4, 0.5) is 13.2 Å². The third kappa shape index (κ3) is 5.43. The van der Waals surface area contributed by atoms with Crippen LogP contribution in [0.25, 0.3) is 6.08 Å². The maximum absolute atomic E-state index is 13.0. The Bertz CT molecular complexity index is 1280. The summed E-state index contributed by atoms with van der Waals surface area (Å²) >= 11 is 6.24. The van der Waals surface area contributed by atoms with Gasteiger partial charge in [-0.1, -0.05) is 29.8 Å². The van der Waals surface area contributed by atoms with Gasteiger partial charge < -0.3 is 14.2 Å². The van der Waals surface area contributed by atoms with Crippen molar-refractivity contribution in [3.8, 4) is 17.2 Å². The van der Waals surface area contributed by atoms with Crippen molar-refractivity contribution in [3.63, 3.8) is 0 Å². The first-order chi connectivity index (χ1) is 16.7. The minimum Gasteiger partial charge on any atom is -0.493 e. The Labute approximate surface area is 206 Å². The maximum Gasteiger partial charge on any atom is 0.441 e. The summed E-state index contributed by atoms with van der Waals surface area (Å²) in [6.07, 6.45) is -3.39. The monoisotopic (exact) mass is 524 g/mol. The number of hydrazone groups is 1. The molecular weight excluding hydrogens is 509 g/mol. The molecule has 2 aromatic carbocycles. The molecule has 0 saturated heterocycles. The summed E-state index contributed by atoms with van der Waals surface area (Å²) in [5, 5.41) is 11.2. The van der Waals surface area contributed by atoms with Gasteiger partial charge in [-0.15, -0.1) is 0 Å². The second-order valence-corrected chi connectivity index (χ2v) is 8.32. The van der Waals surface area contributed by atoms with E-state index in [1.165, 1.54) is 13.2 Å². The number of nitrogens with one attached hydrogen (secondary N) is 1. The van der Waals surface area contributed by atoms with Gasteiger partial charge in [0.15, 0.2) is 17.3 Å². The van der Waals surface area contributed by atoms with E-state index in [1.54, 1.807) is 42.5 Å². The number of halogens is 4. The molecule has 8 nitrogen and oxygen atoms in total. The Hall–Kier alpha value is -3.51. The Morgan fingerprint density at radius 1 is 1.11 bits per heavy atom. The lowest BCUT2D eigenvalue weighted by molar-refractivity contribution is -0.114. The molecule has 0 unspecified atom stereocenters. The first kappa shape index (κ1) is 24.6. The van der Waals surface area contributed by atoms with Crippen LogP contribution < -0.4 is 14.2 Å². The number of ether oxygens (including phenoxy) is 3. The third-order valence-electron chi connectivity index (χ3n) is 4.63. The van der Waals surface area contributed by atoms with Gasteiger partial charge in [-0.25, -0.2) is 0 Å². The topological polar surface area (TPSA) is 96.6 Å². The van der Waals surface area contributed by atoms with Crippen LogP contribution in [0.15, 0.2) is 58.1 Å². The van der Waals surface area contributed by atoms with Crippen LogP contribution in [0, 0.1) is 5.41 Å². The number of carbonyl (C=O) groups excluding carboxylic acids is 1. The zero-order chi connectivity index (χ0) is 25.2. The van der Waals surface area contributed by atoms with Gasteiger partial charge in [-0.3, -0.25) is 10.2 Å². The van der Waals surface area contributed by atoms with E-state index in [0.29, 0.717) is 32.8 Å². The van der Waals surface area contributed by atoms with Crippen LogP contribution in [0.1, 0.15) is 5.56 Å². The molecule has 2 aliphatic rings. The average molecular weight is 525 g/mol. The minimum atomic E-state index is -4.71. The van der Waals surface area contributed by atoms with Crippen LogP contribution in [-0.2, 0) is 4.79 Å². The fraction of sp³-hybridized carbons (Fsp3) is 0.182. The number of hydrogen-bond donors (Lipinski definition) is 1. The molecule has 35 heavy (non-hydrogen) atoms. The van der Waals surface area contributed by atoms with Crippen molar-refractivity contribution in [2.24, 2.45) is 10.1 Å². The van der Waals surface area contributed by atoms with E-state index in [4.69, 9.17) is 31.2 Å². The number of rotatable bonds is 7. The first-order valence-corrected chi connectivity index (χ1v) is 11.1. The highest BCUT2D eigenvalue weighted by atomic mass is 35.5. The second kappa shape index (κ2) is 10.0. The molecule has 4 rings (SSSR count). The molecule has 1 N–H and O–H groups in total. The summed E-state index contributed by atoms with van der Waals surface area (Å²) in [5.41, 5.74) is 0.227. The van der Waals surface area contributed by atoms with E-state index in [-0.39, 0.29) is 35.7 Å². The van der Waals surface area contributed by atoms with Crippen molar-refractivity contribution in [1.29, 1.82) is 5.41 Å². The molecule has 0 spiro atoms. The van der Waals surface area contributed by atoms with Gasteiger partial charge >= 0.3 is 6.18 Å². The average Bonchev–Trinajstić information content (AvgIpc) is 3.26. The van der Waals surface area contributed by atoms with Gasteiger partial charge in [0.05, 0.1) is 17.7 Å². The van der Waals surface area contributed by atoms with Crippen molar-refractivity contribution in [2.45, 2.75) is 6.18 Å². The number of carbonyl (C=O) groups is 1. The van der Waals surface area contributed by atoms with Gasteiger partial charge in [0.25, 0.3) is 5.91 Å². The molecule has 182 valence electrons. The van der Waals surface area contributed by atoms with Gasteiger partial charge in [0.2, 0.25) is 10.2 Å². The third-order valence-corrected chi connectivity index (χ3v) is 5.90. The predicted molar refractivity (Wildman–Crippen MR) is 127 cm³/mol. The zero-order valence-corrected chi connectivity index (χ0v) is 19.5. The Morgan fingerprint density at radius 3 is 2.51 bits per heavy atom. The number of aliphatic imine (C=N–C) groups is 1. The van der Waals surface area contributed by atoms with Crippen LogP contribution >= 0.6 is 23.4 Å². The SMILES string of the molecule is COc1cc(/C=C2/C(=N)N3N=C(C(F)(F)F)SC3=NC2=O)ccc1OCCOc1ccccc1Cl. The van der Waals surface area contributed by atoms with E-state index in [9.17, 15) is 18.0 Å². The lowest BCUT2D eigenvalue weighted by Crippen LogP contribution is -2.35. The number of hydrogen-bond acceptors (Lipinski definition) is 7. The fourth-order valence-electron chi connectivity index (χ4n) is 3.03. The summed E-state index contributed by atoms with van der Waals surface area (Å²) < 4.78 is 55.5. The van der Waals surface area contributed by atoms with E-state index in [1.807, 2.05) is 0 Å². The number of nitrogens with zero attached hydrogens (tertiary/aromatic N) is 3. The number of thioether (sulfide) groups is 1. The molecule has 0 aliphatic carbocycles. The standard InChI is InChI=1S/C22H16ClF3N4O4S/c1-32-17-11-12(6-7-16(17)34-9-8-33-15-5-3-2-4-14(15)23)10-13-18(27)30-21(28-19(13)31)35-20(29-30)22(24,25)26/h2-7,10-11,27H,8-9H2,1H3/b13-10-,27-18?. The van der Waals surface area contributed by atoms with Crippen LogP contribution in [0.5, 0.6) is 17.2 Å². The van der Waals surface area contributed by atoms with Gasteiger partial charge in [0.1, 0.15) is 19.0 Å². The van der Waals surface area contributed by atoms with Gasteiger partial charge in [0, 0.05) is 0 Å². The largest absolute Gasteiger partial charge is 0.493 e. The molecule has 0 atom stereocenters. The fourth-order valence-corrected chi connectivity index (χ4v) is 3.98. The van der Waals surface area contributed by atoms with Crippen molar-refractivity contribution < 1.29 is 32.2 Å². The molecule has 2 heterocycles. The molecule has 2 aromatic rings. The summed E-state index contributed by atoms with van der Waals surface area (Å²) in [4.78, 5) is 16.0. The van der Waals surface area contributed by atoms with Crippen molar-refractivity contribution >= 4 is 51.4 Å². The summed E-state index contributed by atoms with van der Waals surface area (Å²) in [7, 11) is 1.43. The van der Waals surface area contributed by atoms with Gasteiger partial charge in [-0.05, 0) is 47.7 Å². The Balaban J connectivity index is 1.46. The number of amides is 1. The van der Waals surface area contributed by atoms with E-state index < -0.39 is 23.0 Å². The summed E-state index contributed by atoms with van der Waals surface area (Å²) in [6, 6.07) is 11.8. The quantitative estimate of drug-likeness (QED) is 0.405. The number of para-hydroxylation sites is 1. The molecule has 13 heteroatoms. The van der Waals surface area contributed by atoms with E-state index >= 15 is 0 Å². The number of amidine groups is 2. The molecule has 0 bridgehead atoms.